The molecule has 0 radical (unpaired) electrons. The fraction of sp³-hybridized carbons (Fsp3) is 0.435. The van der Waals surface area contributed by atoms with Crippen LogP contribution in [0.2, 0.25) is 0 Å². The first-order valence-corrected chi connectivity index (χ1v) is 10.1. The van der Waals surface area contributed by atoms with Crippen LogP contribution in [0.5, 0.6) is 11.5 Å². The lowest BCUT2D eigenvalue weighted by Crippen LogP contribution is -2.41. The van der Waals surface area contributed by atoms with E-state index < -0.39 is 0 Å². The van der Waals surface area contributed by atoms with Crippen LogP contribution >= 0.6 is 24.0 Å². The molecule has 0 amide bonds. The Morgan fingerprint density at radius 1 is 1.03 bits per heavy atom. The topological polar surface area (TPSA) is 58.1 Å². The van der Waals surface area contributed by atoms with Gasteiger partial charge in [-0.3, -0.25) is 0 Å². The maximum Gasteiger partial charge on any atom is 0.191 e. The van der Waals surface area contributed by atoms with E-state index in [1.807, 2.05) is 31.2 Å². The third-order valence-electron chi connectivity index (χ3n) is 4.22. The van der Waals surface area contributed by atoms with Crippen LogP contribution < -0.4 is 20.1 Å². The molecule has 1 unspecified atom stereocenters. The highest BCUT2D eigenvalue weighted by molar-refractivity contribution is 14.0. The van der Waals surface area contributed by atoms with Crippen LogP contribution in [0.1, 0.15) is 25.0 Å². The van der Waals surface area contributed by atoms with Crippen LogP contribution in [0, 0.1) is 0 Å². The average molecular weight is 526 g/mol. The highest BCUT2D eigenvalue weighted by Gasteiger charge is 2.07. The monoisotopic (exact) mass is 526 g/mol. The van der Waals surface area contributed by atoms with E-state index in [4.69, 9.17) is 9.47 Å². The van der Waals surface area contributed by atoms with E-state index in [-0.39, 0.29) is 30.1 Å². The van der Waals surface area contributed by atoms with E-state index >= 15 is 0 Å². The summed E-state index contributed by atoms with van der Waals surface area (Å²) in [6, 6.07) is 16.2. The van der Waals surface area contributed by atoms with E-state index in [2.05, 4.69) is 65.8 Å². The molecule has 2 aromatic rings. The molecule has 2 rings (SSSR count). The zero-order valence-electron chi connectivity index (χ0n) is 18.6. The molecule has 30 heavy (non-hydrogen) atoms. The molecule has 0 aliphatic carbocycles. The van der Waals surface area contributed by atoms with Crippen LogP contribution in [0.15, 0.2) is 53.5 Å². The van der Waals surface area contributed by atoms with Gasteiger partial charge in [0.05, 0.1) is 20.2 Å². The maximum absolute atomic E-state index is 5.96. The van der Waals surface area contributed by atoms with E-state index in [1.54, 1.807) is 7.11 Å². The minimum Gasteiger partial charge on any atom is -0.497 e. The molecule has 0 saturated carbocycles. The molecule has 0 aliphatic rings. The molecule has 2 aromatic carbocycles. The van der Waals surface area contributed by atoms with Gasteiger partial charge >= 0.3 is 0 Å². The number of nitrogens with zero attached hydrogens (tertiary/aromatic N) is 2. The molecule has 6 nitrogen and oxygen atoms in total. The predicted octanol–water partition coefficient (Wildman–Crippen LogP) is 3.90. The molecule has 0 bridgehead atoms. The lowest BCUT2D eigenvalue weighted by molar-refractivity contribution is 0.223. The molecular weight excluding hydrogens is 491 g/mol. The maximum atomic E-state index is 5.96. The number of rotatable bonds is 10. The number of methoxy groups -OCH3 is 1. The summed E-state index contributed by atoms with van der Waals surface area (Å²) in [5.41, 5.74) is 2.49. The summed E-state index contributed by atoms with van der Waals surface area (Å²) >= 11 is 0. The number of guanidine groups is 1. The standard InChI is InChI=1S/C23H34N4O2.HI/c1-6-24-23(26-16-19-10-12-20(13-11-19)17-27(3)4)25-15-18(2)29-22-9-7-8-21(14-22)28-5;/h7-14,18H,6,15-17H2,1-5H3,(H2,24,25,26);1H. The average Bonchev–Trinajstić information content (AvgIpc) is 2.71. The summed E-state index contributed by atoms with van der Waals surface area (Å²) < 4.78 is 11.2. The van der Waals surface area contributed by atoms with Gasteiger partial charge in [-0.25, -0.2) is 4.99 Å². The Morgan fingerprint density at radius 3 is 2.33 bits per heavy atom. The number of ether oxygens (including phenoxy) is 2. The van der Waals surface area contributed by atoms with Crippen LogP contribution in [0.25, 0.3) is 0 Å². The Bertz CT molecular complexity index is 766. The lowest BCUT2D eigenvalue weighted by atomic mass is 10.1. The fourth-order valence-electron chi connectivity index (χ4n) is 2.82. The second-order valence-electron chi connectivity index (χ2n) is 7.24. The normalized spacial score (nSPS) is 12.1. The highest BCUT2D eigenvalue weighted by atomic mass is 127. The summed E-state index contributed by atoms with van der Waals surface area (Å²) in [6.45, 7) is 7.11. The van der Waals surface area contributed by atoms with Gasteiger partial charge in [-0.2, -0.15) is 0 Å². The van der Waals surface area contributed by atoms with E-state index in [0.29, 0.717) is 13.1 Å². The van der Waals surface area contributed by atoms with Gasteiger partial charge in [0, 0.05) is 19.2 Å². The Kier molecular flexibility index (Phi) is 12.2. The molecule has 0 spiro atoms. The zero-order valence-corrected chi connectivity index (χ0v) is 21.0. The van der Waals surface area contributed by atoms with Gasteiger partial charge in [-0.1, -0.05) is 30.3 Å². The van der Waals surface area contributed by atoms with E-state index in [0.717, 1.165) is 30.5 Å². The third-order valence-corrected chi connectivity index (χ3v) is 4.22. The van der Waals surface area contributed by atoms with Crippen molar-refractivity contribution in [2.75, 3.05) is 34.3 Å². The Labute approximate surface area is 198 Å². The van der Waals surface area contributed by atoms with Crippen LogP contribution in [-0.4, -0.2) is 51.3 Å². The van der Waals surface area contributed by atoms with Crippen molar-refractivity contribution in [1.82, 2.24) is 15.5 Å². The number of benzene rings is 2. The van der Waals surface area contributed by atoms with Crippen LogP contribution in [-0.2, 0) is 13.1 Å². The van der Waals surface area contributed by atoms with Gasteiger partial charge in [0.2, 0.25) is 0 Å². The van der Waals surface area contributed by atoms with E-state index in [9.17, 15) is 0 Å². The Hall–Kier alpha value is -2.00. The SMILES string of the molecule is CCNC(=NCc1ccc(CN(C)C)cc1)NCC(C)Oc1cccc(OC)c1.I. The largest absolute Gasteiger partial charge is 0.497 e. The first-order chi connectivity index (χ1) is 14.0. The van der Waals surface area contributed by atoms with Gasteiger partial charge < -0.3 is 25.0 Å². The van der Waals surface area contributed by atoms with Crippen LogP contribution in [0.4, 0.5) is 0 Å². The molecular formula is C23H35IN4O2. The summed E-state index contributed by atoms with van der Waals surface area (Å²) in [5, 5.41) is 6.64. The van der Waals surface area contributed by atoms with Crippen molar-refractivity contribution in [2.45, 2.75) is 33.0 Å². The first kappa shape index (κ1) is 26.0. The zero-order chi connectivity index (χ0) is 21.1. The molecule has 0 aromatic heterocycles. The van der Waals surface area contributed by atoms with Gasteiger partial charge in [-0.05, 0) is 51.2 Å². The van der Waals surface area contributed by atoms with Gasteiger partial charge in [-0.15, -0.1) is 24.0 Å². The number of hydrogen-bond donors (Lipinski definition) is 2. The summed E-state index contributed by atoms with van der Waals surface area (Å²) in [6.07, 6.45) is -0.0173. The Morgan fingerprint density at radius 2 is 1.70 bits per heavy atom. The van der Waals surface area contributed by atoms with Crippen molar-refractivity contribution in [2.24, 2.45) is 4.99 Å². The van der Waals surface area contributed by atoms with Crippen molar-refractivity contribution in [1.29, 1.82) is 0 Å². The second-order valence-corrected chi connectivity index (χ2v) is 7.24. The fourth-order valence-corrected chi connectivity index (χ4v) is 2.82. The minimum absolute atomic E-state index is 0. The minimum atomic E-state index is -0.0173. The summed E-state index contributed by atoms with van der Waals surface area (Å²) in [7, 11) is 5.80. The van der Waals surface area contributed by atoms with E-state index in [1.165, 1.54) is 11.1 Å². The molecule has 0 saturated heterocycles. The van der Waals surface area contributed by atoms with Gasteiger partial charge in [0.25, 0.3) is 0 Å². The van der Waals surface area contributed by atoms with Crippen molar-refractivity contribution < 1.29 is 9.47 Å². The van der Waals surface area contributed by atoms with Gasteiger partial charge in [0.1, 0.15) is 17.6 Å². The van der Waals surface area contributed by atoms with Crippen molar-refractivity contribution >= 4 is 29.9 Å². The number of hydrogen-bond acceptors (Lipinski definition) is 4. The number of nitrogens with one attached hydrogen (secondary N) is 2. The molecule has 0 fully saturated rings. The van der Waals surface area contributed by atoms with Crippen LogP contribution in [0.3, 0.4) is 0 Å². The third kappa shape index (κ3) is 9.67. The molecule has 0 heterocycles. The van der Waals surface area contributed by atoms with Crippen molar-refractivity contribution in [3.05, 3.63) is 59.7 Å². The quantitative estimate of drug-likeness (QED) is 0.280. The molecule has 2 N–H and O–H groups in total. The highest BCUT2D eigenvalue weighted by Crippen LogP contribution is 2.19. The Balaban J connectivity index is 0.00000450. The number of halogens is 1. The van der Waals surface area contributed by atoms with Gasteiger partial charge in [0.15, 0.2) is 5.96 Å². The number of aliphatic imine (C=N–C) groups is 1. The van der Waals surface area contributed by atoms with Crippen molar-refractivity contribution in [3.63, 3.8) is 0 Å². The molecule has 0 aliphatic heterocycles. The van der Waals surface area contributed by atoms with Crippen molar-refractivity contribution in [3.8, 4) is 11.5 Å². The second kappa shape index (κ2) is 14.1. The molecule has 7 heteroatoms. The predicted molar refractivity (Wildman–Crippen MR) is 135 cm³/mol. The molecule has 166 valence electrons. The smallest absolute Gasteiger partial charge is 0.191 e. The first-order valence-electron chi connectivity index (χ1n) is 10.1. The summed E-state index contributed by atoms with van der Waals surface area (Å²) in [4.78, 5) is 6.85. The summed E-state index contributed by atoms with van der Waals surface area (Å²) in [5.74, 6) is 2.36. The molecule has 1 atom stereocenters. The lowest BCUT2D eigenvalue weighted by Gasteiger charge is -2.18.